The first-order valence-corrected chi connectivity index (χ1v) is 10.4. The van der Waals surface area contributed by atoms with E-state index in [2.05, 4.69) is 24.4 Å². The molecule has 0 amide bonds. The molecule has 2 N–H and O–H groups in total. The number of benzene rings is 4. The molecular weight excluding hydrogens is 441 g/mol. The van der Waals surface area contributed by atoms with Crippen LogP contribution in [0.2, 0.25) is 0 Å². The minimum atomic E-state index is -1.28. The third-order valence-corrected chi connectivity index (χ3v) is 5.64. The SMILES string of the molecule is COc1cccc([C@@H](C)NCc2cc(-c3ccc(F)c(C(=O)O)c3)c3ccccc3c2)c1.Cl. The molecule has 4 aromatic rings. The molecule has 6 heteroatoms. The number of methoxy groups -OCH3 is 1. The van der Waals surface area contributed by atoms with Crippen LogP contribution in [0, 0.1) is 5.82 Å². The number of aromatic carboxylic acids is 1. The van der Waals surface area contributed by atoms with Gasteiger partial charge in [0.1, 0.15) is 11.6 Å². The van der Waals surface area contributed by atoms with E-state index < -0.39 is 11.8 Å². The van der Waals surface area contributed by atoms with E-state index in [0.717, 1.165) is 33.2 Å². The van der Waals surface area contributed by atoms with Crippen LogP contribution in [-0.2, 0) is 6.54 Å². The molecule has 0 aliphatic carbocycles. The number of carbonyl (C=O) groups is 1. The molecule has 4 nitrogen and oxygen atoms in total. The Labute approximate surface area is 198 Å². The first-order valence-electron chi connectivity index (χ1n) is 10.4. The number of hydrogen-bond acceptors (Lipinski definition) is 3. The van der Waals surface area contributed by atoms with Gasteiger partial charge in [-0.1, -0.05) is 42.5 Å². The average molecular weight is 466 g/mol. The molecule has 0 unspecified atom stereocenters. The van der Waals surface area contributed by atoms with Gasteiger partial charge in [0.25, 0.3) is 0 Å². The summed E-state index contributed by atoms with van der Waals surface area (Å²) in [6.07, 6.45) is 0. The molecule has 0 fully saturated rings. The second-order valence-corrected chi connectivity index (χ2v) is 7.74. The van der Waals surface area contributed by atoms with Gasteiger partial charge in [0.15, 0.2) is 0 Å². The van der Waals surface area contributed by atoms with Gasteiger partial charge in [0.2, 0.25) is 0 Å². The van der Waals surface area contributed by atoms with Gasteiger partial charge in [-0.15, -0.1) is 12.4 Å². The largest absolute Gasteiger partial charge is 0.497 e. The van der Waals surface area contributed by atoms with E-state index in [0.29, 0.717) is 12.1 Å². The smallest absolute Gasteiger partial charge is 0.338 e. The topological polar surface area (TPSA) is 58.6 Å². The van der Waals surface area contributed by atoms with Crippen LogP contribution >= 0.6 is 12.4 Å². The van der Waals surface area contributed by atoms with Crippen molar-refractivity contribution >= 4 is 29.1 Å². The second-order valence-electron chi connectivity index (χ2n) is 7.74. The summed E-state index contributed by atoms with van der Waals surface area (Å²) < 4.78 is 19.3. The standard InChI is InChI=1S/C27H24FNO3.ClH/c1-17(19-7-5-8-22(14-19)32-2)29-16-18-12-20-6-3-4-9-23(20)24(13-18)21-10-11-26(28)25(15-21)27(30)31;/h3-15,17,29H,16H2,1-2H3,(H,30,31);1H/t17-;/m1./s1. The van der Waals surface area contributed by atoms with Gasteiger partial charge in [-0.05, 0) is 76.3 Å². The summed E-state index contributed by atoms with van der Waals surface area (Å²) in [5.41, 5.74) is 3.38. The van der Waals surface area contributed by atoms with Crippen LogP contribution in [0.1, 0.15) is 34.5 Å². The van der Waals surface area contributed by atoms with Crippen LogP contribution in [0.15, 0.2) is 78.9 Å². The highest BCUT2D eigenvalue weighted by molar-refractivity contribution is 5.99. The minimum Gasteiger partial charge on any atom is -0.497 e. The minimum absolute atomic E-state index is 0. The van der Waals surface area contributed by atoms with Gasteiger partial charge in [-0.3, -0.25) is 0 Å². The van der Waals surface area contributed by atoms with Gasteiger partial charge in [0, 0.05) is 12.6 Å². The first kappa shape index (κ1) is 24.2. The van der Waals surface area contributed by atoms with E-state index in [4.69, 9.17) is 4.74 Å². The summed E-state index contributed by atoms with van der Waals surface area (Å²) in [7, 11) is 1.65. The third-order valence-electron chi connectivity index (χ3n) is 5.64. The highest BCUT2D eigenvalue weighted by Crippen LogP contribution is 2.32. The van der Waals surface area contributed by atoms with E-state index in [1.165, 1.54) is 12.1 Å². The van der Waals surface area contributed by atoms with Crippen LogP contribution in [0.5, 0.6) is 5.75 Å². The molecule has 0 spiro atoms. The lowest BCUT2D eigenvalue weighted by atomic mass is 9.94. The van der Waals surface area contributed by atoms with Gasteiger partial charge in [-0.25, -0.2) is 9.18 Å². The highest BCUT2D eigenvalue weighted by Gasteiger charge is 2.14. The monoisotopic (exact) mass is 465 g/mol. The highest BCUT2D eigenvalue weighted by atomic mass is 35.5. The molecule has 0 aliphatic heterocycles. The van der Waals surface area contributed by atoms with Crippen molar-refractivity contribution in [2.24, 2.45) is 0 Å². The van der Waals surface area contributed by atoms with Crippen LogP contribution < -0.4 is 10.1 Å². The van der Waals surface area contributed by atoms with Crippen molar-refractivity contribution in [2.75, 3.05) is 7.11 Å². The summed E-state index contributed by atoms with van der Waals surface area (Å²) in [5, 5.41) is 14.9. The van der Waals surface area contributed by atoms with E-state index >= 15 is 0 Å². The number of ether oxygens (including phenoxy) is 1. The number of carboxylic acid groups (broad SMARTS) is 1. The number of rotatable bonds is 7. The van der Waals surface area contributed by atoms with Crippen molar-refractivity contribution in [2.45, 2.75) is 19.5 Å². The molecule has 0 saturated carbocycles. The Morgan fingerprint density at radius 2 is 1.82 bits per heavy atom. The van der Waals surface area contributed by atoms with Crippen molar-refractivity contribution < 1.29 is 19.0 Å². The number of halogens is 2. The lowest BCUT2D eigenvalue weighted by Crippen LogP contribution is -2.18. The second kappa shape index (κ2) is 10.5. The van der Waals surface area contributed by atoms with Crippen LogP contribution in [-0.4, -0.2) is 18.2 Å². The van der Waals surface area contributed by atoms with Crippen molar-refractivity contribution in [3.8, 4) is 16.9 Å². The van der Waals surface area contributed by atoms with Crippen LogP contribution in [0.4, 0.5) is 4.39 Å². The molecular formula is C27H25ClFNO3. The molecule has 170 valence electrons. The maximum atomic E-state index is 14.0. The number of nitrogens with one attached hydrogen (secondary N) is 1. The molecule has 4 aromatic carbocycles. The molecule has 1 atom stereocenters. The fraction of sp³-hybridized carbons (Fsp3) is 0.148. The third kappa shape index (κ3) is 5.33. The van der Waals surface area contributed by atoms with E-state index in [1.54, 1.807) is 13.2 Å². The van der Waals surface area contributed by atoms with Crippen LogP contribution in [0.25, 0.3) is 21.9 Å². The fourth-order valence-electron chi connectivity index (χ4n) is 3.87. The van der Waals surface area contributed by atoms with Gasteiger partial charge >= 0.3 is 5.97 Å². The average Bonchev–Trinajstić information content (AvgIpc) is 2.82. The summed E-state index contributed by atoms with van der Waals surface area (Å²) >= 11 is 0. The lowest BCUT2D eigenvalue weighted by molar-refractivity contribution is 0.0692. The molecule has 0 radical (unpaired) electrons. The van der Waals surface area contributed by atoms with E-state index in [1.807, 2.05) is 48.5 Å². The fourth-order valence-corrected chi connectivity index (χ4v) is 3.87. The predicted molar refractivity (Wildman–Crippen MR) is 132 cm³/mol. The van der Waals surface area contributed by atoms with Gasteiger partial charge in [0.05, 0.1) is 12.7 Å². The van der Waals surface area contributed by atoms with Crippen molar-refractivity contribution in [1.82, 2.24) is 5.32 Å². The molecule has 0 aliphatic rings. The van der Waals surface area contributed by atoms with Gasteiger partial charge in [-0.2, -0.15) is 0 Å². The summed E-state index contributed by atoms with van der Waals surface area (Å²) in [5.74, 6) is -1.20. The van der Waals surface area contributed by atoms with E-state index in [-0.39, 0.29) is 24.0 Å². The Balaban J connectivity index is 0.00000306. The lowest BCUT2D eigenvalue weighted by Gasteiger charge is -2.17. The first-order chi connectivity index (χ1) is 15.5. The Morgan fingerprint density at radius 3 is 2.58 bits per heavy atom. The quantitative estimate of drug-likeness (QED) is 0.322. The Morgan fingerprint density at radius 1 is 1.03 bits per heavy atom. The summed E-state index contributed by atoms with van der Waals surface area (Å²) in [6, 6.07) is 24.4. The molecule has 33 heavy (non-hydrogen) atoms. The molecule has 4 rings (SSSR count). The summed E-state index contributed by atoms with van der Waals surface area (Å²) in [4.78, 5) is 11.4. The maximum absolute atomic E-state index is 14.0. The van der Waals surface area contributed by atoms with Crippen LogP contribution in [0.3, 0.4) is 0 Å². The van der Waals surface area contributed by atoms with Crippen molar-refractivity contribution in [3.63, 3.8) is 0 Å². The molecule has 0 heterocycles. The van der Waals surface area contributed by atoms with E-state index in [9.17, 15) is 14.3 Å². The van der Waals surface area contributed by atoms with Crippen molar-refractivity contribution in [1.29, 1.82) is 0 Å². The Bertz CT molecular complexity index is 1290. The maximum Gasteiger partial charge on any atom is 0.338 e. The Kier molecular flexibility index (Phi) is 7.69. The Hall–Kier alpha value is -3.41. The normalized spacial score (nSPS) is 11.6. The number of hydrogen-bond donors (Lipinski definition) is 2. The zero-order chi connectivity index (χ0) is 22.7. The summed E-state index contributed by atoms with van der Waals surface area (Å²) in [6.45, 7) is 2.71. The zero-order valence-corrected chi connectivity index (χ0v) is 19.2. The number of carboxylic acids is 1. The zero-order valence-electron chi connectivity index (χ0n) is 18.3. The number of fused-ring (bicyclic) bond motifs is 1. The van der Waals surface area contributed by atoms with Gasteiger partial charge < -0.3 is 15.2 Å². The predicted octanol–water partition coefficient (Wildman–Crippen LogP) is 6.63. The molecule has 0 saturated heterocycles. The molecule has 0 aromatic heterocycles. The van der Waals surface area contributed by atoms with Crippen molar-refractivity contribution in [3.05, 3.63) is 101 Å². The molecule has 0 bridgehead atoms.